The molecule has 0 radical (unpaired) electrons. The van der Waals surface area contributed by atoms with Crippen LogP contribution in [0.25, 0.3) is 11.1 Å². The summed E-state index contributed by atoms with van der Waals surface area (Å²) >= 11 is 0. The fourth-order valence-electron chi connectivity index (χ4n) is 3.51. The van der Waals surface area contributed by atoms with Gasteiger partial charge in [0.1, 0.15) is 11.5 Å². The number of carbonyl (C=O) groups excluding carboxylic acids is 2. The molecule has 36 heavy (non-hydrogen) atoms. The van der Waals surface area contributed by atoms with Crippen LogP contribution in [0.5, 0.6) is 11.5 Å². The quantitative estimate of drug-likeness (QED) is 0.452. The highest BCUT2D eigenvalue weighted by molar-refractivity contribution is 5.76. The first kappa shape index (κ1) is 29.1. The summed E-state index contributed by atoms with van der Waals surface area (Å²) in [5, 5.41) is 0. The first-order valence-corrected chi connectivity index (χ1v) is 11.2. The van der Waals surface area contributed by atoms with Crippen molar-refractivity contribution in [2.75, 3.05) is 56.6 Å². The second-order valence-corrected chi connectivity index (χ2v) is 8.50. The Morgan fingerprint density at radius 1 is 0.556 bits per heavy atom. The van der Waals surface area contributed by atoms with Crippen LogP contribution >= 0.6 is 0 Å². The molecule has 0 aliphatic rings. The van der Waals surface area contributed by atoms with Crippen LogP contribution in [0.1, 0.15) is 22.3 Å². The Kier molecular flexibility index (Phi) is 11.1. The number of benzene rings is 2. The van der Waals surface area contributed by atoms with Gasteiger partial charge in [0.15, 0.2) is 0 Å². The van der Waals surface area contributed by atoms with E-state index in [1.807, 2.05) is 24.3 Å². The lowest BCUT2D eigenvalue weighted by Gasteiger charge is -2.21. The fraction of sp³-hybridized carbons (Fsp3) is 0.462. The molecule has 0 N–H and O–H groups in total. The third-order valence-corrected chi connectivity index (χ3v) is 5.13. The number of ether oxygens (including phenoxy) is 6. The van der Waals surface area contributed by atoms with Crippen molar-refractivity contribution in [3.05, 3.63) is 46.5 Å². The second kappa shape index (κ2) is 13.8. The van der Waals surface area contributed by atoms with E-state index >= 15 is 0 Å². The van der Waals surface area contributed by atoms with Gasteiger partial charge in [-0.1, -0.05) is 0 Å². The summed E-state index contributed by atoms with van der Waals surface area (Å²) < 4.78 is 32.9. The van der Waals surface area contributed by atoms with Crippen LogP contribution in [0.3, 0.4) is 0 Å². The average molecular weight is 505 g/mol. The van der Waals surface area contributed by atoms with Gasteiger partial charge in [0.25, 0.3) is 0 Å². The topological polar surface area (TPSA) is 96.0 Å². The molecule has 0 unspecified atom stereocenters. The van der Waals surface area contributed by atoms with Gasteiger partial charge < -0.3 is 38.2 Å². The molecule has 2 aromatic carbocycles. The maximum Gasteiger partial charge on any atom is 0.414 e. The molecule has 0 bridgehead atoms. The Morgan fingerprint density at radius 3 is 1.00 bits per heavy atom. The maximum atomic E-state index is 12.3. The van der Waals surface area contributed by atoms with Gasteiger partial charge in [0, 0.05) is 78.9 Å². The first-order valence-electron chi connectivity index (χ1n) is 11.2. The van der Waals surface area contributed by atoms with E-state index in [9.17, 15) is 9.59 Å². The van der Waals surface area contributed by atoms with Gasteiger partial charge in [-0.05, 0) is 35.4 Å². The van der Waals surface area contributed by atoms with Gasteiger partial charge in [-0.15, -0.1) is 0 Å². The number of nitrogens with zero attached hydrogens (tertiary/aromatic N) is 2. The maximum absolute atomic E-state index is 12.3. The molecule has 0 heterocycles. The molecular weight excluding hydrogens is 468 g/mol. The van der Waals surface area contributed by atoms with Crippen LogP contribution < -0.4 is 9.47 Å². The molecule has 0 aromatic heterocycles. The summed E-state index contributed by atoms with van der Waals surface area (Å²) in [6.45, 7) is 0.869. The third kappa shape index (κ3) is 7.41. The lowest BCUT2D eigenvalue weighted by molar-refractivity contribution is 0.156. The van der Waals surface area contributed by atoms with E-state index in [1.54, 1.807) is 56.6 Å². The van der Waals surface area contributed by atoms with Gasteiger partial charge in [-0.2, -0.15) is 0 Å². The van der Waals surface area contributed by atoms with E-state index in [2.05, 4.69) is 0 Å². The van der Waals surface area contributed by atoms with Crippen LogP contribution in [0.15, 0.2) is 24.3 Å². The highest BCUT2D eigenvalue weighted by atomic mass is 16.6. The van der Waals surface area contributed by atoms with Crippen molar-refractivity contribution in [1.29, 1.82) is 0 Å². The van der Waals surface area contributed by atoms with Crippen molar-refractivity contribution < 1.29 is 38.0 Å². The van der Waals surface area contributed by atoms with Gasteiger partial charge in [0.2, 0.25) is 0 Å². The van der Waals surface area contributed by atoms with E-state index in [0.717, 1.165) is 11.1 Å². The Labute approximate surface area is 212 Å². The minimum atomic E-state index is -0.505. The Morgan fingerprint density at radius 2 is 0.806 bits per heavy atom. The largest absolute Gasteiger partial charge is 0.414 e. The molecule has 2 amide bonds. The number of methoxy groups -OCH3 is 4. The van der Waals surface area contributed by atoms with E-state index in [-0.39, 0.29) is 26.4 Å². The van der Waals surface area contributed by atoms with E-state index in [1.165, 1.54) is 9.80 Å². The van der Waals surface area contributed by atoms with Gasteiger partial charge in [0.05, 0.1) is 26.4 Å². The number of rotatable bonds is 11. The van der Waals surface area contributed by atoms with Crippen molar-refractivity contribution in [2.45, 2.75) is 26.4 Å². The molecule has 0 saturated heterocycles. The number of carbonyl (C=O) groups is 2. The molecule has 0 fully saturated rings. The molecule has 2 rings (SSSR count). The number of amides is 2. The number of hydrogen-bond acceptors (Lipinski definition) is 8. The van der Waals surface area contributed by atoms with E-state index in [4.69, 9.17) is 28.4 Å². The standard InChI is InChI=1S/C26H36N2O8/c1-27(2)25(29)35-23-19(13-31-5)9-17(10-20(23)14-32-6)18-11-21(15-33-7)24(22(12-18)16-34-8)36-26(30)28(3)4/h9-12H,13-16H2,1-8H3. The predicted molar refractivity (Wildman–Crippen MR) is 134 cm³/mol. The second-order valence-electron chi connectivity index (χ2n) is 8.50. The highest BCUT2D eigenvalue weighted by Crippen LogP contribution is 2.37. The molecular formula is C26H36N2O8. The fourth-order valence-corrected chi connectivity index (χ4v) is 3.51. The molecule has 0 spiro atoms. The SMILES string of the molecule is COCc1cc(-c2cc(COC)c(OC(=O)N(C)C)c(COC)c2)cc(COC)c1OC(=O)N(C)C. The van der Waals surface area contributed by atoms with Crippen molar-refractivity contribution >= 4 is 12.2 Å². The Balaban J connectivity index is 2.73. The van der Waals surface area contributed by atoms with Crippen LogP contribution in [-0.2, 0) is 45.4 Å². The van der Waals surface area contributed by atoms with Crippen LogP contribution in [0.4, 0.5) is 9.59 Å². The van der Waals surface area contributed by atoms with Crippen LogP contribution in [0, 0.1) is 0 Å². The monoisotopic (exact) mass is 504 g/mol. The lowest BCUT2D eigenvalue weighted by Crippen LogP contribution is -2.26. The predicted octanol–water partition coefficient (Wildman–Crippen LogP) is 4.06. The van der Waals surface area contributed by atoms with Crippen LogP contribution in [-0.4, -0.2) is 78.6 Å². The summed E-state index contributed by atoms with van der Waals surface area (Å²) in [4.78, 5) is 27.4. The number of hydrogen-bond donors (Lipinski definition) is 0. The Hall–Kier alpha value is -3.18. The lowest BCUT2D eigenvalue weighted by atomic mass is 9.95. The summed E-state index contributed by atoms with van der Waals surface area (Å²) in [5.41, 5.74) is 4.39. The third-order valence-electron chi connectivity index (χ3n) is 5.13. The zero-order valence-corrected chi connectivity index (χ0v) is 22.3. The molecule has 0 aliphatic carbocycles. The minimum Gasteiger partial charge on any atom is -0.409 e. The summed E-state index contributed by atoms with van der Waals surface area (Å²) in [7, 11) is 12.7. The molecule has 2 aromatic rings. The Bertz CT molecular complexity index is 915. The average Bonchev–Trinajstić information content (AvgIpc) is 2.82. The van der Waals surface area contributed by atoms with E-state index < -0.39 is 12.2 Å². The smallest absolute Gasteiger partial charge is 0.409 e. The first-order chi connectivity index (χ1) is 17.2. The molecule has 198 valence electrons. The van der Waals surface area contributed by atoms with Crippen molar-refractivity contribution in [2.24, 2.45) is 0 Å². The summed E-state index contributed by atoms with van der Waals surface area (Å²) in [6.07, 6.45) is -1.01. The van der Waals surface area contributed by atoms with Crippen molar-refractivity contribution in [3.8, 4) is 22.6 Å². The van der Waals surface area contributed by atoms with Gasteiger partial charge in [-0.3, -0.25) is 0 Å². The minimum absolute atomic E-state index is 0.217. The highest BCUT2D eigenvalue weighted by Gasteiger charge is 2.21. The van der Waals surface area contributed by atoms with Gasteiger partial charge >= 0.3 is 12.2 Å². The normalized spacial score (nSPS) is 10.8. The zero-order valence-electron chi connectivity index (χ0n) is 22.3. The summed E-state index contributed by atoms with van der Waals surface area (Å²) in [6, 6.07) is 7.59. The molecule has 0 aliphatic heterocycles. The van der Waals surface area contributed by atoms with Crippen LogP contribution in [0.2, 0.25) is 0 Å². The van der Waals surface area contributed by atoms with E-state index in [0.29, 0.717) is 33.8 Å². The zero-order chi connectivity index (χ0) is 26.8. The molecule has 0 saturated carbocycles. The van der Waals surface area contributed by atoms with Gasteiger partial charge in [-0.25, -0.2) is 9.59 Å². The molecule has 10 heteroatoms. The van der Waals surface area contributed by atoms with Crippen molar-refractivity contribution in [1.82, 2.24) is 9.80 Å². The molecule has 10 nitrogen and oxygen atoms in total. The molecule has 0 atom stereocenters. The van der Waals surface area contributed by atoms with Crippen molar-refractivity contribution in [3.63, 3.8) is 0 Å². The summed E-state index contributed by atoms with van der Waals surface area (Å²) in [5.74, 6) is 0.791.